The number of fused-ring (bicyclic) bond motifs is 1. The minimum atomic E-state index is 0.0327. The van der Waals surface area contributed by atoms with Crippen molar-refractivity contribution in [3.63, 3.8) is 0 Å². The lowest BCUT2D eigenvalue weighted by molar-refractivity contribution is 0.120. The van der Waals surface area contributed by atoms with Gasteiger partial charge in [0.1, 0.15) is 0 Å². The molecule has 1 aliphatic carbocycles. The molecule has 90 valence electrons. The highest BCUT2D eigenvalue weighted by Crippen LogP contribution is 2.47. The van der Waals surface area contributed by atoms with Crippen LogP contribution in [0.2, 0.25) is 0 Å². The Bertz CT molecular complexity index is 558. The van der Waals surface area contributed by atoms with Crippen LogP contribution in [0.5, 0.6) is 0 Å². The van der Waals surface area contributed by atoms with Gasteiger partial charge in [-0.2, -0.15) is 0 Å². The van der Waals surface area contributed by atoms with Gasteiger partial charge in [-0.15, -0.1) is 0 Å². The average Bonchev–Trinajstić information content (AvgIpc) is 2.55. The molecule has 0 bridgehead atoms. The molecule has 0 atom stereocenters. The molecule has 0 radical (unpaired) electrons. The standard InChI is InChI=1S/C15H19NO/c1-11-14(15(10-17)8-5-9-15)12-6-3-4-7-13(12)16(11)2/h3-4,6-7,17H,5,8-10H2,1-2H3. The summed E-state index contributed by atoms with van der Waals surface area (Å²) in [5, 5.41) is 11.1. The number of aromatic nitrogens is 1. The molecule has 1 N–H and O–H groups in total. The van der Waals surface area contributed by atoms with Crippen molar-refractivity contribution in [1.82, 2.24) is 4.57 Å². The monoisotopic (exact) mass is 229 g/mol. The van der Waals surface area contributed by atoms with Gasteiger partial charge in [0.15, 0.2) is 0 Å². The van der Waals surface area contributed by atoms with Crippen molar-refractivity contribution >= 4 is 10.9 Å². The molecular weight excluding hydrogens is 210 g/mol. The molecular formula is C15H19NO. The molecule has 3 rings (SSSR count). The Kier molecular flexibility index (Phi) is 2.30. The second-order valence-corrected chi connectivity index (χ2v) is 5.33. The van der Waals surface area contributed by atoms with Gasteiger partial charge in [-0.05, 0) is 31.4 Å². The molecule has 1 fully saturated rings. The number of benzene rings is 1. The maximum absolute atomic E-state index is 9.77. The van der Waals surface area contributed by atoms with Gasteiger partial charge in [0.25, 0.3) is 0 Å². The summed E-state index contributed by atoms with van der Waals surface area (Å²) in [5.74, 6) is 0. The quantitative estimate of drug-likeness (QED) is 0.841. The molecule has 1 saturated carbocycles. The van der Waals surface area contributed by atoms with E-state index < -0.39 is 0 Å². The van der Waals surface area contributed by atoms with Crippen molar-refractivity contribution in [3.05, 3.63) is 35.5 Å². The minimum Gasteiger partial charge on any atom is -0.395 e. The number of aliphatic hydroxyl groups is 1. The molecule has 0 unspecified atom stereocenters. The molecule has 0 spiro atoms. The summed E-state index contributed by atoms with van der Waals surface area (Å²) in [7, 11) is 2.12. The lowest BCUT2D eigenvalue weighted by atomic mass is 9.64. The second-order valence-electron chi connectivity index (χ2n) is 5.33. The van der Waals surface area contributed by atoms with E-state index in [0.29, 0.717) is 0 Å². The van der Waals surface area contributed by atoms with Gasteiger partial charge in [0.05, 0.1) is 6.61 Å². The largest absolute Gasteiger partial charge is 0.395 e. The van der Waals surface area contributed by atoms with Gasteiger partial charge in [-0.25, -0.2) is 0 Å². The van der Waals surface area contributed by atoms with Crippen molar-refractivity contribution in [2.45, 2.75) is 31.6 Å². The number of aliphatic hydroxyl groups excluding tert-OH is 1. The fraction of sp³-hybridized carbons (Fsp3) is 0.467. The Hall–Kier alpha value is -1.28. The van der Waals surface area contributed by atoms with E-state index in [-0.39, 0.29) is 12.0 Å². The lowest BCUT2D eigenvalue weighted by Gasteiger charge is -2.41. The van der Waals surface area contributed by atoms with E-state index in [4.69, 9.17) is 0 Å². The SMILES string of the molecule is Cc1c(C2(CO)CCC2)c2ccccc2n1C. The summed E-state index contributed by atoms with van der Waals surface area (Å²) in [5.41, 5.74) is 3.99. The zero-order valence-electron chi connectivity index (χ0n) is 10.5. The number of para-hydroxylation sites is 1. The van der Waals surface area contributed by atoms with Gasteiger partial charge < -0.3 is 9.67 Å². The molecule has 0 saturated heterocycles. The Labute approximate surface area is 102 Å². The summed E-state index contributed by atoms with van der Waals surface area (Å²) < 4.78 is 2.25. The maximum Gasteiger partial charge on any atom is 0.0528 e. The van der Waals surface area contributed by atoms with E-state index in [0.717, 1.165) is 12.8 Å². The highest BCUT2D eigenvalue weighted by atomic mass is 16.3. The fourth-order valence-electron chi connectivity index (χ4n) is 3.28. The van der Waals surface area contributed by atoms with Gasteiger partial charge in [0, 0.05) is 29.1 Å². The van der Waals surface area contributed by atoms with Crippen molar-refractivity contribution in [2.24, 2.45) is 7.05 Å². The summed E-state index contributed by atoms with van der Waals surface area (Å²) in [6.07, 6.45) is 3.49. The van der Waals surface area contributed by atoms with Crippen LogP contribution in [-0.4, -0.2) is 16.3 Å². The van der Waals surface area contributed by atoms with E-state index in [9.17, 15) is 5.11 Å². The molecule has 2 nitrogen and oxygen atoms in total. The summed E-state index contributed by atoms with van der Waals surface area (Å²) in [6, 6.07) is 8.52. The Balaban J connectivity index is 2.32. The first-order chi connectivity index (χ1) is 8.19. The molecule has 1 heterocycles. The topological polar surface area (TPSA) is 25.2 Å². The zero-order valence-corrected chi connectivity index (χ0v) is 10.5. The van der Waals surface area contributed by atoms with Crippen LogP contribution in [0.25, 0.3) is 10.9 Å². The number of hydrogen-bond acceptors (Lipinski definition) is 1. The third-order valence-corrected chi connectivity index (χ3v) is 4.54. The highest BCUT2D eigenvalue weighted by Gasteiger charge is 2.41. The van der Waals surface area contributed by atoms with E-state index in [1.165, 1.54) is 28.6 Å². The molecule has 17 heavy (non-hydrogen) atoms. The number of aryl methyl sites for hydroxylation is 1. The summed E-state index contributed by atoms with van der Waals surface area (Å²) >= 11 is 0. The van der Waals surface area contributed by atoms with Crippen LogP contribution in [0, 0.1) is 6.92 Å². The van der Waals surface area contributed by atoms with Crippen LogP contribution in [0.1, 0.15) is 30.5 Å². The van der Waals surface area contributed by atoms with Crippen LogP contribution in [0.3, 0.4) is 0 Å². The van der Waals surface area contributed by atoms with Crippen molar-refractivity contribution < 1.29 is 5.11 Å². The Morgan fingerprint density at radius 1 is 1.29 bits per heavy atom. The van der Waals surface area contributed by atoms with E-state index in [1.807, 2.05) is 0 Å². The molecule has 0 aliphatic heterocycles. The zero-order chi connectivity index (χ0) is 12.0. The average molecular weight is 229 g/mol. The molecule has 0 amide bonds. The smallest absolute Gasteiger partial charge is 0.0528 e. The van der Waals surface area contributed by atoms with Gasteiger partial charge in [-0.1, -0.05) is 24.6 Å². The molecule has 1 aliphatic rings. The van der Waals surface area contributed by atoms with E-state index >= 15 is 0 Å². The van der Waals surface area contributed by atoms with Crippen LogP contribution < -0.4 is 0 Å². The summed E-state index contributed by atoms with van der Waals surface area (Å²) in [4.78, 5) is 0. The normalized spacial score (nSPS) is 18.3. The van der Waals surface area contributed by atoms with E-state index in [1.54, 1.807) is 0 Å². The van der Waals surface area contributed by atoms with Gasteiger partial charge in [0.2, 0.25) is 0 Å². The van der Waals surface area contributed by atoms with Crippen molar-refractivity contribution in [1.29, 1.82) is 0 Å². The second kappa shape index (κ2) is 3.61. The molecule has 1 aromatic heterocycles. The molecule has 2 heteroatoms. The van der Waals surface area contributed by atoms with Crippen LogP contribution >= 0.6 is 0 Å². The van der Waals surface area contributed by atoms with Crippen molar-refractivity contribution in [2.75, 3.05) is 6.61 Å². The summed E-state index contributed by atoms with van der Waals surface area (Å²) in [6.45, 7) is 2.45. The molecule has 1 aromatic carbocycles. The van der Waals surface area contributed by atoms with Gasteiger partial charge >= 0.3 is 0 Å². The maximum atomic E-state index is 9.77. The third kappa shape index (κ3) is 1.31. The van der Waals surface area contributed by atoms with Crippen molar-refractivity contribution in [3.8, 4) is 0 Å². The lowest BCUT2D eigenvalue weighted by Crippen LogP contribution is -2.38. The van der Waals surface area contributed by atoms with Gasteiger partial charge in [-0.3, -0.25) is 0 Å². The number of hydrogen-bond donors (Lipinski definition) is 1. The number of rotatable bonds is 2. The minimum absolute atomic E-state index is 0.0327. The molecule has 2 aromatic rings. The first-order valence-electron chi connectivity index (χ1n) is 6.35. The van der Waals surface area contributed by atoms with Crippen LogP contribution in [0.4, 0.5) is 0 Å². The Morgan fingerprint density at radius 3 is 2.59 bits per heavy atom. The van der Waals surface area contributed by atoms with Crippen LogP contribution in [-0.2, 0) is 12.5 Å². The van der Waals surface area contributed by atoms with Crippen LogP contribution in [0.15, 0.2) is 24.3 Å². The number of nitrogens with zero attached hydrogens (tertiary/aromatic N) is 1. The predicted molar refractivity (Wildman–Crippen MR) is 70.3 cm³/mol. The fourth-order valence-corrected chi connectivity index (χ4v) is 3.28. The predicted octanol–water partition coefficient (Wildman–Crippen LogP) is 2.90. The first kappa shape index (κ1) is 10.8. The first-order valence-corrected chi connectivity index (χ1v) is 6.35. The highest BCUT2D eigenvalue weighted by molar-refractivity contribution is 5.86. The third-order valence-electron chi connectivity index (χ3n) is 4.54. The van der Waals surface area contributed by atoms with E-state index in [2.05, 4.69) is 42.8 Å². The Morgan fingerprint density at radius 2 is 2.00 bits per heavy atom.